The van der Waals surface area contributed by atoms with Crippen molar-refractivity contribution in [3.8, 4) is 0 Å². The summed E-state index contributed by atoms with van der Waals surface area (Å²) in [6.45, 7) is 0. The third kappa shape index (κ3) is 3.00. The van der Waals surface area contributed by atoms with E-state index in [-0.39, 0.29) is 5.91 Å². The van der Waals surface area contributed by atoms with Crippen LogP contribution < -0.4 is 10.6 Å². The molecule has 0 unspecified atom stereocenters. The molecule has 2 heterocycles. The second-order valence-electron chi connectivity index (χ2n) is 4.66. The van der Waals surface area contributed by atoms with Crippen LogP contribution in [0.3, 0.4) is 0 Å². The van der Waals surface area contributed by atoms with Gasteiger partial charge in [-0.25, -0.2) is 4.79 Å². The van der Waals surface area contributed by atoms with Gasteiger partial charge in [0.2, 0.25) is 6.41 Å². The molecule has 0 aromatic carbocycles. The molecule has 2 N–H and O–H groups in total. The van der Waals surface area contributed by atoms with Gasteiger partial charge >= 0.3 is 5.97 Å². The molecule has 0 aliphatic heterocycles. The molecule has 0 radical (unpaired) electrons. The standard InChI is InChI=1S/C14H16N4O4/c1-17-6-9(15-8-19)4-11(17)13(20)16-10-5-12(14(21)22-3)18(2)7-10/h4-8H,1-3H3,(H,15,19)(H,16,20). The van der Waals surface area contributed by atoms with Gasteiger partial charge in [-0.2, -0.15) is 0 Å². The SMILES string of the molecule is COC(=O)c1cc(NC(=O)c2cc(NC=O)cn2C)cn1C. The van der Waals surface area contributed by atoms with E-state index in [1.807, 2.05) is 0 Å². The fraction of sp³-hybridized carbons (Fsp3) is 0.214. The first-order valence-electron chi connectivity index (χ1n) is 6.39. The van der Waals surface area contributed by atoms with Gasteiger partial charge < -0.3 is 24.5 Å². The summed E-state index contributed by atoms with van der Waals surface area (Å²) in [5.74, 6) is -0.845. The molecule has 8 heteroatoms. The lowest BCUT2D eigenvalue weighted by Crippen LogP contribution is -2.14. The highest BCUT2D eigenvalue weighted by Crippen LogP contribution is 2.17. The molecular formula is C14H16N4O4. The molecule has 0 aliphatic rings. The van der Waals surface area contributed by atoms with E-state index < -0.39 is 5.97 Å². The highest BCUT2D eigenvalue weighted by Gasteiger charge is 2.16. The van der Waals surface area contributed by atoms with Gasteiger partial charge in [0.25, 0.3) is 5.91 Å². The van der Waals surface area contributed by atoms with E-state index >= 15 is 0 Å². The van der Waals surface area contributed by atoms with Crippen LogP contribution in [0.25, 0.3) is 0 Å². The van der Waals surface area contributed by atoms with Crippen LogP contribution in [-0.4, -0.2) is 34.5 Å². The molecule has 0 saturated heterocycles. The minimum atomic E-state index is -0.487. The number of hydrogen-bond donors (Lipinski definition) is 2. The molecule has 2 amide bonds. The number of esters is 1. The maximum Gasteiger partial charge on any atom is 0.354 e. The van der Waals surface area contributed by atoms with Crippen molar-refractivity contribution < 1.29 is 19.1 Å². The summed E-state index contributed by atoms with van der Waals surface area (Å²) in [5.41, 5.74) is 1.69. The smallest absolute Gasteiger partial charge is 0.354 e. The first-order chi connectivity index (χ1) is 10.5. The lowest BCUT2D eigenvalue weighted by Gasteiger charge is -2.03. The molecule has 2 rings (SSSR count). The Morgan fingerprint density at radius 1 is 1.09 bits per heavy atom. The van der Waals surface area contributed by atoms with Crippen molar-refractivity contribution in [3.63, 3.8) is 0 Å². The summed E-state index contributed by atoms with van der Waals surface area (Å²) < 4.78 is 7.80. The maximum atomic E-state index is 12.2. The molecule has 0 fully saturated rings. The molecule has 0 atom stereocenters. The van der Waals surface area contributed by atoms with E-state index in [1.54, 1.807) is 41.7 Å². The number of ether oxygens (including phenoxy) is 1. The Morgan fingerprint density at radius 3 is 2.32 bits per heavy atom. The second-order valence-corrected chi connectivity index (χ2v) is 4.66. The molecule has 0 saturated carbocycles. The van der Waals surface area contributed by atoms with Crippen molar-refractivity contribution in [1.82, 2.24) is 9.13 Å². The summed E-state index contributed by atoms with van der Waals surface area (Å²) in [7, 11) is 4.66. The van der Waals surface area contributed by atoms with Crippen molar-refractivity contribution in [2.75, 3.05) is 17.7 Å². The van der Waals surface area contributed by atoms with Crippen LogP contribution in [-0.2, 0) is 23.6 Å². The Bertz CT molecular complexity index is 729. The zero-order chi connectivity index (χ0) is 16.3. The van der Waals surface area contributed by atoms with Crippen molar-refractivity contribution >= 4 is 29.7 Å². The number of aryl methyl sites for hydroxylation is 2. The average molecular weight is 304 g/mol. The third-order valence-electron chi connectivity index (χ3n) is 3.12. The number of anilines is 2. The lowest BCUT2D eigenvalue weighted by molar-refractivity contribution is -0.105. The quantitative estimate of drug-likeness (QED) is 0.635. The van der Waals surface area contributed by atoms with E-state index in [4.69, 9.17) is 0 Å². The number of methoxy groups -OCH3 is 1. The van der Waals surface area contributed by atoms with Gasteiger partial charge in [0.1, 0.15) is 11.4 Å². The van der Waals surface area contributed by atoms with Crippen LogP contribution in [0, 0.1) is 0 Å². The molecule has 116 valence electrons. The number of carbonyl (C=O) groups is 3. The van der Waals surface area contributed by atoms with Crippen LogP contribution in [0.4, 0.5) is 11.4 Å². The molecule has 0 bridgehead atoms. The van der Waals surface area contributed by atoms with Crippen LogP contribution >= 0.6 is 0 Å². The monoisotopic (exact) mass is 304 g/mol. The summed E-state index contributed by atoms with van der Waals surface area (Å²) in [6.07, 6.45) is 3.77. The number of rotatable bonds is 5. The van der Waals surface area contributed by atoms with Gasteiger partial charge in [-0.1, -0.05) is 0 Å². The predicted octanol–water partition coefficient (Wildman–Crippen LogP) is 0.971. The van der Waals surface area contributed by atoms with E-state index in [2.05, 4.69) is 15.4 Å². The Kier molecular flexibility index (Phi) is 4.31. The van der Waals surface area contributed by atoms with Gasteiger partial charge in [-0.3, -0.25) is 9.59 Å². The topological polar surface area (TPSA) is 94.4 Å². The fourth-order valence-corrected chi connectivity index (χ4v) is 2.07. The Hall–Kier alpha value is -3.03. The first kappa shape index (κ1) is 15.4. The van der Waals surface area contributed by atoms with Crippen LogP contribution in [0.1, 0.15) is 21.0 Å². The van der Waals surface area contributed by atoms with Crippen molar-refractivity contribution in [3.05, 3.63) is 35.9 Å². The van der Waals surface area contributed by atoms with E-state index in [1.165, 1.54) is 13.2 Å². The number of nitrogens with one attached hydrogen (secondary N) is 2. The Labute approximate surface area is 126 Å². The Balaban J connectivity index is 2.18. The van der Waals surface area contributed by atoms with Crippen molar-refractivity contribution in [1.29, 1.82) is 0 Å². The van der Waals surface area contributed by atoms with E-state index in [0.29, 0.717) is 29.2 Å². The lowest BCUT2D eigenvalue weighted by atomic mass is 10.3. The average Bonchev–Trinajstić information content (AvgIpc) is 3.01. The highest BCUT2D eigenvalue weighted by molar-refractivity contribution is 6.04. The van der Waals surface area contributed by atoms with Gasteiger partial charge in [-0.15, -0.1) is 0 Å². The van der Waals surface area contributed by atoms with Gasteiger partial charge in [-0.05, 0) is 12.1 Å². The van der Waals surface area contributed by atoms with E-state index in [9.17, 15) is 14.4 Å². The summed E-state index contributed by atoms with van der Waals surface area (Å²) in [4.78, 5) is 34.2. The molecule has 8 nitrogen and oxygen atoms in total. The van der Waals surface area contributed by atoms with Gasteiger partial charge in [0.15, 0.2) is 0 Å². The predicted molar refractivity (Wildman–Crippen MR) is 79.8 cm³/mol. The second kappa shape index (κ2) is 6.17. The number of aromatic nitrogens is 2. The number of carbonyl (C=O) groups excluding carboxylic acids is 3. The summed E-state index contributed by atoms with van der Waals surface area (Å²) in [6, 6.07) is 3.07. The molecule has 0 spiro atoms. The van der Waals surface area contributed by atoms with Gasteiger partial charge in [0.05, 0.1) is 18.5 Å². The molecule has 0 aliphatic carbocycles. The number of nitrogens with zero attached hydrogens (tertiary/aromatic N) is 2. The fourth-order valence-electron chi connectivity index (χ4n) is 2.07. The largest absolute Gasteiger partial charge is 0.464 e. The Morgan fingerprint density at radius 2 is 1.68 bits per heavy atom. The molecule has 2 aromatic rings. The van der Waals surface area contributed by atoms with Gasteiger partial charge in [0, 0.05) is 26.5 Å². The highest BCUT2D eigenvalue weighted by atomic mass is 16.5. The normalized spacial score (nSPS) is 10.1. The van der Waals surface area contributed by atoms with E-state index in [0.717, 1.165) is 0 Å². The minimum Gasteiger partial charge on any atom is -0.464 e. The third-order valence-corrected chi connectivity index (χ3v) is 3.12. The summed E-state index contributed by atoms with van der Waals surface area (Å²) >= 11 is 0. The molecule has 2 aromatic heterocycles. The van der Waals surface area contributed by atoms with Crippen molar-refractivity contribution in [2.45, 2.75) is 0 Å². The zero-order valence-electron chi connectivity index (χ0n) is 12.4. The number of amides is 2. The van der Waals surface area contributed by atoms with Crippen LogP contribution in [0.2, 0.25) is 0 Å². The van der Waals surface area contributed by atoms with Crippen molar-refractivity contribution in [2.24, 2.45) is 14.1 Å². The molecule has 22 heavy (non-hydrogen) atoms. The zero-order valence-corrected chi connectivity index (χ0v) is 12.4. The first-order valence-corrected chi connectivity index (χ1v) is 6.39. The molecular weight excluding hydrogens is 288 g/mol. The minimum absolute atomic E-state index is 0.327. The summed E-state index contributed by atoms with van der Waals surface area (Å²) in [5, 5.41) is 5.17. The maximum absolute atomic E-state index is 12.2. The van der Waals surface area contributed by atoms with Crippen LogP contribution in [0.15, 0.2) is 24.5 Å². The van der Waals surface area contributed by atoms with Crippen LogP contribution in [0.5, 0.6) is 0 Å². The number of hydrogen-bond acceptors (Lipinski definition) is 4.